The molecule has 1 aliphatic carbocycles. The first-order chi connectivity index (χ1) is 8.69. The third-order valence-corrected chi connectivity index (χ3v) is 3.85. The molecular formula is C13H23N5. The molecule has 0 saturated heterocycles. The van der Waals surface area contributed by atoms with Crippen molar-refractivity contribution in [2.24, 2.45) is 0 Å². The lowest BCUT2D eigenvalue weighted by Gasteiger charge is -2.34. The summed E-state index contributed by atoms with van der Waals surface area (Å²) >= 11 is 0. The van der Waals surface area contributed by atoms with Crippen LogP contribution in [0, 0.1) is 0 Å². The highest BCUT2D eigenvalue weighted by Gasteiger charge is 2.23. The number of hydrogen-bond acceptors (Lipinski definition) is 5. The second-order valence-corrected chi connectivity index (χ2v) is 5.11. The summed E-state index contributed by atoms with van der Waals surface area (Å²) < 4.78 is 0. The SMILES string of the molecule is CNC1CCC(N(C)Cc2nccc(N)n2)CC1. The van der Waals surface area contributed by atoms with E-state index in [0.29, 0.717) is 17.9 Å². The molecule has 100 valence electrons. The molecule has 1 heterocycles. The van der Waals surface area contributed by atoms with Crippen molar-refractivity contribution >= 4 is 5.82 Å². The molecule has 0 amide bonds. The van der Waals surface area contributed by atoms with Gasteiger partial charge in [0.1, 0.15) is 11.6 Å². The molecule has 1 saturated carbocycles. The van der Waals surface area contributed by atoms with E-state index in [2.05, 4.69) is 34.3 Å². The van der Waals surface area contributed by atoms with Crippen molar-refractivity contribution < 1.29 is 0 Å². The van der Waals surface area contributed by atoms with E-state index < -0.39 is 0 Å². The van der Waals surface area contributed by atoms with E-state index in [1.807, 2.05) is 0 Å². The van der Waals surface area contributed by atoms with E-state index in [-0.39, 0.29) is 0 Å². The monoisotopic (exact) mass is 249 g/mol. The van der Waals surface area contributed by atoms with Crippen LogP contribution in [-0.4, -0.2) is 41.0 Å². The molecule has 0 unspecified atom stereocenters. The first-order valence-corrected chi connectivity index (χ1v) is 6.64. The molecule has 1 aliphatic rings. The molecule has 1 aromatic heterocycles. The number of aromatic nitrogens is 2. The Kier molecular flexibility index (Phi) is 4.49. The molecule has 0 spiro atoms. The van der Waals surface area contributed by atoms with Gasteiger partial charge in [0, 0.05) is 18.3 Å². The standard InChI is InChI=1S/C13H23N5/c1-15-10-3-5-11(6-4-10)18(2)9-13-16-8-7-12(14)17-13/h7-8,10-11,15H,3-6,9H2,1-2H3,(H2,14,16,17). The molecule has 5 heteroatoms. The average Bonchev–Trinajstić information content (AvgIpc) is 2.39. The minimum Gasteiger partial charge on any atom is -0.384 e. The Labute approximate surface area is 109 Å². The fourth-order valence-electron chi connectivity index (χ4n) is 2.65. The van der Waals surface area contributed by atoms with Crippen LogP contribution >= 0.6 is 0 Å². The summed E-state index contributed by atoms with van der Waals surface area (Å²) in [6.45, 7) is 0.778. The average molecular weight is 249 g/mol. The van der Waals surface area contributed by atoms with Crippen molar-refractivity contribution in [2.75, 3.05) is 19.8 Å². The summed E-state index contributed by atoms with van der Waals surface area (Å²) in [6.07, 6.45) is 6.71. The van der Waals surface area contributed by atoms with Gasteiger partial charge >= 0.3 is 0 Å². The predicted octanol–water partition coefficient (Wildman–Crippen LogP) is 1.02. The Bertz CT molecular complexity index is 373. The normalized spacial score (nSPS) is 24.4. The number of nitrogens with one attached hydrogen (secondary N) is 1. The lowest BCUT2D eigenvalue weighted by molar-refractivity contribution is 0.166. The van der Waals surface area contributed by atoms with Gasteiger partial charge in [0.15, 0.2) is 0 Å². The van der Waals surface area contributed by atoms with E-state index >= 15 is 0 Å². The van der Waals surface area contributed by atoms with Crippen LogP contribution in [0.3, 0.4) is 0 Å². The number of anilines is 1. The minimum atomic E-state index is 0.548. The highest BCUT2D eigenvalue weighted by atomic mass is 15.2. The van der Waals surface area contributed by atoms with Crippen LogP contribution in [0.25, 0.3) is 0 Å². The number of nitrogen functional groups attached to an aromatic ring is 1. The minimum absolute atomic E-state index is 0.548. The molecule has 2 rings (SSSR count). The maximum atomic E-state index is 5.67. The van der Waals surface area contributed by atoms with Gasteiger partial charge in [-0.1, -0.05) is 0 Å². The molecule has 0 bridgehead atoms. The van der Waals surface area contributed by atoms with E-state index in [1.165, 1.54) is 25.7 Å². The summed E-state index contributed by atoms with van der Waals surface area (Å²) in [5.41, 5.74) is 5.67. The first kappa shape index (κ1) is 13.2. The fraction of sp³-hybridized carbons (Fsp3) is 0.692. The zero-order chi connectivity index (χ0) is 13.0. The Morgan fingerprint density at radius 3 is 2.72 bits per heavy atom. The van der Waals surface area contributed by atoms with E-state index in [9.17, 15) is 0 Å². The number of nitrogens with two attached hydrogens (primary N) is 1. The van der Waals surface area contributed by atoms with Crippen LogP contribution in [0.2, 0.25) is 0 Å². The van der Waals surface area contributed by atoms with Crippen LogP contribution in [-0.2, 0) is 6.54 Å². The maximum Gasteiger partial charge on any atom is 0.144 e. The van der Waals surface area contributed by atoms with Crippen molar-refractivity contribution in [3.63, 3.8) is 0 Å². The molecule has 3 N–H and O–H groups in total. The van der Waals surface area contributed by atoms with E-state index in [0.717, 1.165) is 12.4 Å². The van der Waals surface area contributed by atoms with Gasteiger partial charge in [-0.05, 0) is 45.8 Å². The molecule has 0 atom stereocenters. The van der Waals surface area contributed by atoms with Crippen molar-refractivity contribution in [2.45, 2.75) is 44.3 Å². The summed E-state index contributed by atoms with van der Waals surface area (Å²) in [6, 6.07) is 3.06. The second-order valence-electron chi connectivity index (χ2n) is 5.11. The summed E-state index contributed by atoms with van der Waals surface area (Å²) in [5.74, 6) is 1.36. The van der Waals surface area contributed by atoms with Crippen LogP contribution in [0.4, 0.5) is 5.82 Å². The summed E-state index contributed by atoms with van der Waals surface area (Å²) in [5, 5.41) is 3.36. The molecular weight excluding hydrogens is 226 g/mol. The van der Waals surface area contributed by atoms with Gasteiger partial charge in [-0.25, -0.2) is 9.97 Å². The predicted molar refractivity (Wildman–Crippen MR) is 73.0 cm³/mol. The Balaban J connectivity index is 1.87. The molecule has 1 aromatic rings. The van der Waals surface area contributed by atoms with Gasteiger partial charge in [-0.3, -0.25) is 4.90 Å². The van der Waals surface area contributed by atoms with Crippen molar-refractivity contribution in [1.29, 1.82) is 0 Å². The molecule has 18 heavy (non-hydrogen) atoms. The highest BCUT2D eigenvalue weighted by Crippen LogP contribution is 2.22. The molecule has 0 aliphatic heterocycles. The number of rotatable bonds is 4. The lowest BCUT2D eigenvalue weighted by atomic mass is 9.90. The molecule has 0 aromatic carbocycles. The Morgan fingerprint density at radius 2 is 2.11 bits per heavy atom. The van der Waals surface area contributed by atoms with Gasteiger partial charge in [0.2, 0.25) is 0 Å². The topological polar surface area (TPSA) is 67.1 Å². The zero-order valence-electron chi connectivity index (χ0n) is 11.3. The van der Waals surface area contributed by atoms with Crippen LogP contribution in [0.15, 0.2) is 12.3 Å². The van der Waals surface area contributed by atoms with Crippen LogP contribution in [0.5, 0.6) is 0 Å². The van der Waals surface area contributed by atoms with Crippen molar-refractivity contribution in [3.8, 4) is 0 Å². The highest BCUT2D eigenvalue weighted by molar-refractivity contribution is 5.24. The van der Waals surface area contributed by atoms with Gasteiger partial charge in [0.25, 0.3) is 0 Å². The van der Waals surface area contributed by atoms with E-state index in [1.54, 1.807) is 12.3 Å². The molecule has 5 nitrogen and oxygen atoms in total. The maximum absolute atomic E-state index is 5.67. The zero-order valence-corrected chi connectivity index (χ0v) is 11.3. The third-order valence-electron chi connectivity index (χ3n) is 3.85. The van der Waals surface area contributed by atoms with Crippen LogP contribution < -0.4 is 11.1 Å². The van der Waals surface area contributed by atoms with Crippen LogP contribution in [0.1, 0.15) is 31.5 Å². The lowest BCUT2D eigenvalue weighted by Crippen LogP contribution is -2.39. The summed E-state index contributed by atoms with van der Waals surface area (Å²) in [4.78, 5) is 10.9. The second kappa shape index (κ2) is 6.11. The summed E-state index contributed by atoms with van der Waals surface area (Å²) in [7, 11) is 4.20. The number of hydrogen-bond donors (Lipinski definition) is 2. The van der Waals surface area contributed by atoms with Crippen molar-refractivity contribution in [3.05, 3.63) is 18.1 Å². The van der Waals surface area contributed by atoms with Gasteiger partial charge < -0.3 is 11.1 Å². The Morgan fingerprint density at radius 1 is 1.39 bits per heavy atom. The smallest absolute Gasteiger partial charge is 0.144 e. The molecule has 1 fully saturated rings. The first-order valence-electron chi connectivity index (χ1n) is 6.64. The largest absolute Gasteiger partial charge is 0.384 e. The molecule has 0 radical (unpaired) electrons. The fourth-order valence-corrected chi connectivity index (χ4v) is 2.65. The van der Waals surface area contributed by atoms with Crippen molar-refractivity contribution in [1.82, 2.24) is 20.2 Å². The van der Waals surface area contributed by atoms with Gasteiger partial charge in [-0.15, -0.1) is 0 Å². The van der Waals surface area contributed by atoms with E-state index in [4.69, 9.17) is 5.73 Å². The number of nitrogens with zero attached hydrogens (tertiary/aromatic N) is 3. The Hall–Kier alpha value is -1.20. The quantitative estimate of drug-likeness (QED) is 0.834. The third kappa shape index (κ3) is 3.40. The van der Waals surface area contributed by atoms with Gasteiger partial charge in [-0.2, -0.15) is 0 Å². The van der Waals surface area contributed by atoms with Gasteiger partial charge in [0.05, 0.1) is 6.54 Å².